The van der Waals surface area contributed by atoms with Crippen molar-refractivity contribution in [3.63, 3.8) is 0 Å². The molecule has 7 heteroatoms. The zero-order chi connectivity index (χ0) is 26.0. The molecule has 0 aromatic heterocycles. The van der Waals surface area contributed by atoms with Crippen molar-refractivity contribution >= 4 is 29.4 Å². The topological polar surface area (TPSA) is 84.0 Å². The number of carbonyl (C=O) groups excluding carboxylic acids is 4. The number of hydrogen-bond acceptors (Lipinski definition) is 5. The first-order valence-corrected chi connectivity index (χ1v) is 11.7. The van der Waals surface area contributed by atoms with Gasteiger partial charge in [0.05, 0.1) is 29.7 Å². The standard InChI is InChI=1S/C29H28N2O5/c1-19(30-26(33)22-17-11-12-18-23(22)27(30)34)25(32)31(21-15-9-6-10-16-21)24(20-13-7-5-8-14-20)29(2,3)28(35)36-4/h5-19,24H,1-4H3/t19-,24+/m0/s1. The van der Waals surface area contributed by atoms with E-state index in [-0.39, 0.29) is 11.1 Å². The molecule has 2 atom stereocenters. The third-order valence-corrected chi connectivity index (χ3v) is 6.61. The lowest BCUT2D eigenvalue weighted by atomic mass is 9.78. The summed E-state index contributed by atoms with van der Waals surface area (Å²) in [4.78, 5) is 56.1. The quantitative estimate of drug-likeness (QED) is 0.360. The number of imide groups is 1. The van der Waals surface area contributed by atoms with E-state index < -0.39 is 41.2 Å². The molecule has 1 aliphatic heterocycles. The Morgan fingerprint density at radius 1 is 0.806 bits per heavy atom. The Balaban J connectivity index is 1.85. The van der Waals surface area contributed by atoms with Gasteiger partial charge in [-0.1, -0.05) is 60.7 Å². The maximum atomic E-state index is 14.3. The van der Waals surface area contributed by atoms with Crippen molar-refractivity contribution in [3.05, 3.63) is 102 Å². The number of anilines is 1. The van der Waals surface area contributed by atoms with Gasteiger partial charge in [0.2, 0.25) is 0 Å². The number of carbonyl (C=O) groups is 4. The van der Waals surface area contributed by atoms with Gasteiger partial charge in [0.1, 0.15) is 6.04 Å². The lowest BCUT2D eigenvalue weighted by Gasteiger charge is -2.42. The van der Waals surface area contributed by atoms with Gasteiger partial charge in [-0.15, -0.1) is 0 Å². The van der Waals surface area contributed by atoms with Gasteiger partial charge >= 0.3 is 5.97 Å². The molecule has 1 aliphatic rings. The second kappa shape index (κ2) is 9.77. The minimum atomic E-state index is -1.18. The van der Waals surface area contributed by atoms with Gasteiger partial charge in [0.25, 0.3) is 17.7 Å². The second-order valence-corrected chi connectivity index (χ2v) is 9.27. The zero-order valence-electron chi connectivity index (χ0n) is 20.7. The summed E-state index contributed by atoms with van der Waals surface area (Å²) < 4.78 is 5.12. The fourth-order valence-corrected chi connectivity index (χ4v) is 4.76. The molecule has 184 valence electrons. The van der Waals surface area contributed by atoms with Crippen molar-refractivity contribution in [3.8, 4) is 0 Å². The number of rotatable bonds is 7. The van der Waals surface area contributed by atoms with Crippen LogP contribution in [0.5, 0.6) is 0 Å². The fourth-order valence-electron chi connectivity index (χ4n) is 4.76. The lowest BCUT2D eigenvalue weighted by Crippen LogP contribution is -2.54. The molecule has 0 N–H and O–H groups in total. The zero-order valence-corrected chi connectivity index (χ0v) is 20.7. The summed E-state index contributed by atoms with van der Waals surface area (Å²) in [6.07, 6.45) is 0. The summed E-state index contributed by atoms with van der Waals surface area (Å²) in [7, 11) is 1.31. The Morgan fingerprint density at radius 2 is 1.28 bits per heavy atom. The van der Waals surface area contributed by atoms with E-state index in [1.165, 1.54) is 18.9 Å². The summed E-state index contributed by atoms with van der Waals surface area (Å²) >= 11 is 0. The molecule has 0 aliphatic carbocycles. The van der Waals surface area contributed by atoms with Gasteiger partial charge in [0, 0.05) is 5.69 Å². The van der Waals surface area contributed by atoms with E-state index in [1.807, 2.05) is 36.4 Å². The van der Waals surface area contributed by atoms with Gasteiger partial charge in [-0.05, 0) is 50.6 Å². The van der Waals surface area contributed by atoms with Crippen LogP contribution < -0.4 is 4.90 Å². The molecule has 0 saturated carbocycles. The number of methoxy groups -OCH3 is 1. The lowest BCUT2D eigenvalue weighted by molar-refractivity contribution is -0.152. The Labute approximate surface area is 210 Å². The highest BCUT2D eigenvalue weighted by Gasteiger charge is 2.48. The van der Waals surface area contributed by atoms with E-state index in [0.29, 0.717) is 11.3 Å². The largest absolute Gasteiger partial charge is 0.469 e. The van der Waals surface area contributed by atoms with Crippen LogP contribution in [0.2, 0.25) is 0 Å². The van der Waals surface area contributed by atoms with Gasteiger partial charge in [-0.3, -0.25) is 24.1 Å². The van der Waals surface area contributed by atoms with Crippen LogP contribution in [0.1, 0.15) is 53.1 Å². The fraction of sp³-hybridized carbons (Fsp3) is 0.241. The number of para-hydroxylation sites is 1. The van der Waals surface area contributed by atoms with Crippen molar-refractivity contribution in [2.24, 2.45) is 5.41 Å². The molecule has 3 aromatic carbocycles. The van der Waals surface area contributed by atoms with Crippen LogP contribution >= 0.6 is 0 Å². The monoisotopic (exact) mass is 484 g/mol. The van der Waals surface area contributed by atoms with Crippen molar-refractivity contribution in [1.29, 1.82) is 0 Å². The van der Waals surface area contributed by atoms with Crippen molar-refractivity contribution in [2.75, 3.05) is 12.0 Å². The van der Waals surface area contributed by atoms with Gasteiger partial charge in [-0.2, -0.15) is 0 Å². The molecule has 36 heavy (non-hydrogen) atoms. The normalized spacial score (nSPS) is 14.7. The van der Waals surface area contributed by atoms with E-state index in [9.17, 15) is 19.2 Å². The molecule has 0 radical (unpaired) electrons. The maximum absolute atomic E-state index is 14.3. The molecule has 0 saturated heterocycles. The van der Waals surface area contributed by atoms with Crippen molar-refractivity contribution < 1.29 is 23.9 Å². The number of ether oxygens (including phenoxy) is 1. The predicted molar refractivity (Wildman–Crippen MR) is 135 cm³/mol. The van der Waals surface area contributed by atoms with E-state index in [1.54, 1.807) is 62.4 Å². The summed E-state index contributed by atoms with van der Waals surface area (Å²) in [6, 6.07) is 22.7. The average Bonchev–Trinajstić information content (AvgIpc) is 3.16. The molecule has 0 fully saturated rings. The van der Waals surface area contributed by atoms with Crippen molar-refractivity contribution in [2.45, 2.75) is 32.9 Å². The van der Waals surface area contributed by atoms with E-state index in [0.717, 1.165) is 4.90 Å². The Morgan fingerprint density at radius 3 is 1.78 bits per heavy atom. The Bertz CT molecular complexity index is 1270. The minimum absolute atomic E-state index is 0.267. The molecule has 0 spiro atoms. The van der Waals surface area contributed by atoms with Gasteiger partial charge in [-0.25, -0.2) is 0 Å². The highest BCUT2D eigenvalue weighted by atomic mass is 16.5. The molecule has 0 bridgehead atoms. The van der Waals surface area contributed by atoms with Gasteiger partial charge in [0.15, 0.2) is 0 Å². The highest BCUT2D eigenvalue weighted by molar-refractivity contribution is 6.23. The van der Waals surface area contributed by atoms with Crippen LogP contribution in [0.25, 0.3) is 0 Å². The molecule has 0 unspecified atom stereocenters. The third-order valence-electron chi connectivity index (χ3n) is 6.61. The first-order chi connectivity index (χ1) is 17.2. The summed E-state index contributed by atoms with van der Waals surface area (Å²) in [6.45, 7) is 4.96. The molecule has 3 aromatic rings. The van der Waals surface area contributed by atoms with Gasteiger partial charge < -0.3 is 9.64 Å². The third kappa shape index (κ3) is 4.17. The molecule has 3 amide bonds. The summed E-state index contributed by atoms with van der Waals surface area (Å²) in [5.41, 5.74) is 0.589. The smallest absolute Gasteiger partial charge is 0.313 e. The number of amides is 3. The number of fused-ring (bicyclic) bond motifs is 1. The first kappa shape index (κ1) is 24.9. The summed E-state index contributed by atoms with van der Waals surface area (Å²) in [5.74, 6) is -2.04. The number of nitrogens with zero attached hydrogens (tertiary/aromatic N) is 2. The molecule has 7 nitrogen and oxygen atoms in total. The van der Waals surface area contributed by atoms with E-state index in [2.05, 4.69) is 0 Å². The second-order valence-electron chi connectivity index (χ2n) is 9.27. The van der Waals surface area contributed by atoms with E-state index >= 15 is 0 Å². The summed E-state index contributed by atoms with van der Waals surface area (Å²) in [5, 5.41) is 0. The van der Waals surface area contributed by atoms with Crippen LogP contribution in [0, 0.1) is 5.41 Å². The molecule has 4 rings (SSSR count). The average molecular weight is 485 g/mol. The van der Waals surface area contributed by atoms with E-state index in [4.69, 9.17) is 4.74 Å². The Kier molecular flexibility index (Phi) is 6.75. The number of esters is 1. The van der Waals surface area contributed by atoms with Crippen LogP contribution in [0.3, 0.4) is 0 Å². The van der Waals surface area contributed by atoms with Crippen LogP contribution in [0.4, 0.5) is 5.69 Å². The van der Waals surface area contributed by atoms with Crippen molar-refractivity contribution in [1.82, 2.24) is 4.90 Å². The molecular formula is C29H28N2O5. The molecule has 1 heterocycles. The van der Waals surface area contributed by atoms with Crippen LogP contribution in [-0.4, -0.2) is 41.7 Å². The molecular weight excluding hydrogens is 456 g/mol. The SMILES string of the molecule is COC(=O)C(C)(C)[C@@H](c1ccccc1)N(C(=O)[C@H](C)N1C(=O)c2ccccc2C1=O)c1ccccc1. The minimum Gasteiger partial charge on any atom is -0.469 e. The highest BCUT2D eigenvalue weighted by Crippen LogP contribution is 2.42. The predicted octanol–water partition coefficient (Wildman–Crippen LogP) is 4.64. The van der Waals surface area contributed by atoms with Crippen LogP contribution in [-0.2, 0) is 14.3 Å². The number of benzene rings is 3. The number of hydrogen-bond donors (Lipinski definition) is 0. The Hall–Kier alpha value is -4.26. The first-order valence-electron chi connectivity index (χ1n) is 11.7. The maximum Gasteiger partial charge on any atom is 0.313 e. The van der Waals surface area contributed by atoms with Crippen LogP contribution in [0.15, 0.2) is 84.9 Å².